The highest BCUT2D eigenvalue weighted by atomic mass is 16.6. The van der Waals surface area contributed by atoms with E-state index in [1.54, 1.807) is 0 Å². The molecule has 1 aromatic carbocycles. The molecule has 92 valence electrons. The predicted octanol–water partition coefficient (Wildman–Crippen LogP) is 3.35. The lowest BCUT2D eigenvalue weighted by atomic mass is 10.1. The number of nitrogens with one attached hydrogen (secondary N) is 1. The van der Waals surface area contributed by atoms with Crippen molar-refractivity contribution in [3.8, 4) is 0 Å². The van der Waals surface area contributed by atoms with Gasteiger partial charge in [0, 0.05) is 18.0 Å². The standard InChI is InChI=1S/C13H13N3O2/c1-9-5-10(2)7-11(6-9)15-13-8-12(16(17)18)3-4-14-13/h3-8H,1-2H3,(H,14,15). The number of pyridine rings is 1. The highest BCUT2D eigenvalue weighted by Gasteiger charge is 2.06. The Kier molecular flexibility index (Phi) is 3.23. The molecular weight excluding hydrogens is 230 g/mol. The highest BCUT2D eigenvalue weighted by molar-refractivity contribution is 5.60. The molecule has 0 radical (unpaired) electrons. The van der Waals surface area contributed by atoms with Crippen molar-refractivity contribution in [3.05, 3.63) is 57.8 Å². The Morgan fingerprint density at radius 3 is 2.44 bits per heavy atom. The van der Waals surface area contributed by atoms with Crippen molar-refractivity contribution in [1.29, 1.82) is 0 Å². The summed E-state index contributed by atoms with van der Waals surface area (Å²) in [6.45, 7) is 4.00. The normalized spacial score (nSPS) is 10.1. The van der Waals surface area contributed by atoms with Crippen molar-refractivity contribution in [2.75, 3.05) is 5.32 Å². The molecular formula is C13H13N3O2. The number of aromatic nitrogens is 1. The SMILES string of the molecule is Cc1cc(C)cc(Nc2cc([N+](=O)[O-])ccn2)c1. The minimum Gasteiger partial charge on any atom is -0.340 e. The number of nitrogens with zero attached hydrogens (tertiary/aromatic N) is 2. The fourth-order valence-electron chi connectivity index (χ4n) is 1.80. The molecule has 18 heavy (non-hydrogen) atoms. The lowest BCUT2D eigenvalue weighted by Gasteiger charge is -2.07. The van der Waals surface area contributed by atoms with Crippen LogP contribution in [0.2, 0.25) is 0 Å². The second-order valence-electron chi connectivity index (χ2n) is 4.16. The number of anilines is 2. The van der Waals surface area contributed by atoms with Crippen LogP contribution in [0.1, 0.15) is 11.1 Å². The van der Waals surface area contributed by atoms with Crippen molar-refractivity contribution in [2.45, 2.75) is 13.8 Å². The maximum absolute atomic E-state index is 10.7. The Hall–Kier alpha value is -2.43. The Morgan fingerprint density at radius 2 is 1.83 bits per heavy atom. The lowest BCUT2D eigenvalue weighted by Crippen LogP contribution is -1.96. The van der Waals surface area contributed by atoms with Crippen molar-refractivity contribution < 1.29 is 4.92 Å². The van der Waals surface area contributed by atoms with Crippen molar-refractivity contribution >= 4 is 17.2 Å². The van der Waals surface area contributed by atoms with Gasteiger partial charge in [0.2, 0.25) is 0 Å². The Bertz CT molecular complexity index is 576. The number of benzene rings is 1. The van der Waals surface area contributed by atoms with Gasteiger partial charge in [-0.05, 0) is 37.1 Å². The van der Waals surface area contributed by atoms with Crippen molar-refractivity contribution in [3.63, 3.8) is 0 Å². The number of aryl methyl sites for hydroxylation is 2. The third kappa shape index (κ3) is 2.82. The molecule has 0 fully saturated rings. The van der Waals surface area contributed by atoms with Gasteiger partial charge in [0.25, 0.3) is 5.69 Å². The number of hydrogen-bond donors (Lipinski definition) is 1. The largest absolute Gasteiger partial charge is 0.340 e. The summed E-state index contributed by atoms with van der Waals surface area (Å²) in [6, 6.07) is 8.78. The van der Waals surface area contributed by atoms with Crippen LogP contribution >= 0.6 is 0 Å². The van der Waals surface area contributed by atoms with E-state index in [0.717, 1.165) is 16.8 Å². The molecule has 2 rings (SSSR count). The third-order valence-electron chi connectivity index (χ3n) is 2.45. The van der Waals surface area contributed by atoms with Gasteiger partial charge in [-0.2, -0.15) is 0 Å². The van der Waals surface area contributed by atoms with Crippen LogP contribution in [-0.4, -0.2) is 9.91 Å². The highest BCUT2D eigenvalue weighted by Crippen LogP contribution is 2.20. The first-order valence-electron chi connectivity index (χ1n) is 5.50. The van der Waals surface area contributed by atoms with E-state index >= 15 is 0 Å². The number of rotatable bonds is 3. The van der Waals surface area contributed by atoms with Gasteiger partial charge in [-0.15, -0.1) is 0 Å². The van der Waals surface area contributed by atoms with E-state index in [-0.39, 0.29) is 5.69 Å². The molecule has 1 aromatic heterocycles. The quantitative estimate of drug-likeness (QED) is 0.663. The molecule has 0 aliphatic rings. The summed E-state index contributed by atoms with van der Waals surface area (Å²) < 4.78 is 0. The molecule has 0 unspecified atom stereocenters. The van der Waals surface area contributed by atoms with Crippen molar-refractivity contribution in [1.82, 2.24) is 4.98 Å². The molecule has 0 aliphatic carbocycles. The minimum atomic E-state index is -0.436. The van der Waals surface area contributed by atoms with Gasteiger partial charge in [-0.3, -0.25) is 10.1 Å². The van der Waals surface area contributed by atoms with Crippen LogP contribution < -0.4 is 5.32 Å². The molecule has 0 amide bonds. The minimum absolute atomic E-state index is 0.0249. The monoisotopic (exact) mass is 243 g/mol. The van der Waals surface area contributed by atoms with Crippen LogP contribution in [-0.2, 0) is 0 Å². The first-order valence-corrected chi connectivity index (χ1v) is 5.50. The van der Waals surface area contributed by atoms with E-state index in [2.05, 4.69) is 16.4 Å². The maximum Gasteiger partial charge on any atom is 0.274 e. The van der Waals surface area contributed by atoms with Gasteiger partial charge in [0.05, 0.1) is 11.0 Å². The topological polar surface area (TPSA) is 68.1 Å². The van der Waals surface area contributed by atoms with Crippen LogP contribution in [0.4, 0.5) is 17.2 Å². The van der Waals surface area contributed by atoms with Gasteiger partial charge in [-0.1, -0.05) is 6.07 Å². The van der Waals surface area contributed by atoms with Gasteiger partial charge in [0.1, 0.15) is 5.82 Å². The fraction of sp³-hybridized carbons (Fsp3) is 0.154. The zero-order valence-corrected chi connectivity index (χ0v) is 10.2. The summed E-state index contributed by atoms with van der Waals surface area (Å²) >= 11 is 0. The molecule has 0 aliphatic heterocycles. The summed E-state index contributed by atoms with van der Waals surface area (Å²) in [5.74, 6) is 0.467. The molecule has 0 saturated heterocycles. The summed E-state index contributed by atoms with van der Waals surface area (Å²) in [7, 11) is 0. The molecule has 0 saturated carbocycles. The van der Waals surface area contributed by atoms with E-state index in [1.807, 2.05) is 26.0 Å². The average molecular weight is 243 g/mol. The molecule has 5 heteroatoms. The second-order valence-corrected chi connectivity index (χ2v) is 4.16. The van der Waals surface area contributed by atoms with E-state index in [0.29, 0.717) is 5.82 Å². The van der Waals surface area contributed by atoms with Crippen LogP contribution in [0.5, 0.6) is 0 Å². The third-order valence-corrected chi connectivity index (χ3v) is 2.45. The Balaban J connectivity index is 2.28. The van der Waals surface area contributed by atoms with Crippen LogP contribution in [0.3, 0.4) is 0 Å². The molecule has 5 nitrogen and oxygen atoms in total. The van der Waals surface area contributed by atoms with Gasteiger partial charge in [0.15, 0.2) is 0 Å². The van der Waals surface area contributed by atoms with Crippen LogP contribution in [0.15, 0.2) is 36.5 Å². The van der Waals surface area contributed by atoms with E-state index in [1.165, 1.54) is 18.3 Å². The molecule has 1 N–H and O–H groups in total. The van der Waals surface area contributed by atoms with Gasteiger partial charge < -0.3 is 5.32 Å². The second kappa shape index (κ2) is 4.83. The maximum atomic E-state index is 10.7. The predicted molar refractivity (Wildman–Crippen MR) is 70.1 cm³/mol. The Morgan fingerprint density at radius 1 is 1.17 bits per heavy atom. The first kappa shape index (κ1) is 12.0. The van der Waals surface area contributed by atoms with Gasteiger partial charge >= 0.3 is 0 Å². The summed E-state index contributed by atoms with van der Waals surface area (Å²) in [6.07, 6.45) is 1.42. The lowest BCUT2D eigenvalue weighted by molar-refractivity contribution is -0.384. The molecule has 1 heterocycles. The molecule has 0 spiro atoms. The van der Waals surface area contributed by atoms with Crippen LogP contribution in [0, 0.1) is 24.0 Å². The Labute approximate surface area is 105 Å². The molecule has 0 bridgehead atoms. The fourth-order valence-corrected chi connectivity index (χ4v) is 1.80. The van der Waals surface area contributed by atoms with Crippen LogP contribution in [0.25, 0.3) is 0 Å². The first-order chi connectivity index (χ1) is 8.54. The molecule has 0 atom stereocenters. The summed E-state index contributed by atoms with van der Waals surface area (Å²) in [5.41, 5.74) is 3.16. The van der Waals surface area contributed by atoms with E-state index < -0.39 is 4.92 Å². The number of nitro groups is 1. The van der Waals surface area contributed by atoms with Gasteiger partial charge in [-0.25, -0.2) is 4.98 Å². The smallest absolute Gasteiger partial charge is 0.274 e. The van der Waals surface area contributed by atoms with E-state index in [9.17, 15) is 10.1 Å². The zero-order valence-electron chi connectivity index (χ0n) is 10.2. The number of hydrogen-bond acceptors (Lipinski definition) is 4. The summed E-state index contributed by atoms with van der Waals surface area (Å²) in [4.78, 5) is 14.3. The zero-order chi connectivity index (χ0) is 13.1. The average Bonchev–Trinajstić information content (AvgIpc) is 2.27. The van der Waals surface area contributed by atoms with E-state index in [4.69, 9.17) is 0 Å². The summed E-state index contributed by atoms with van der Waals surface area (Å²) in [5, 5.41) is 13.7. The molecule has 2 aromatic rings. The van der Waals surface area contributed by atoms with Crippen molar-refractivity contribution in [2.24, 2.45) is 0 Å².